The monoisotopic (exact) mass is 296 g/mol. The van der Waals surface area contributed by atoms with Gasteiger partial charge in [-0.25, -0.2) is 9.97 Å². The number of carbonyl (C=O) groups is 1. The van der Waals surface area contributed by atoms with E-state index in [2.05, 4.69) is 15.3 Å². The molecule has 2 aromatic heterocycles. The molecule has 0 radical (unpaired) electrons. The Morgan fingerprint density at radius 3 is 2.91 bits per heavy atom. The summed E-state index contributed by atoms with van der Waals surface area (Å²) in [6, 6.07) is 7.39. The van der Waals surface area contributed by atoms with Gasteiger partial charge in [0.05, 0.1) is 17.8 Å². The van der Waals surface area contributed by atoms with Crippen molar-refractivity contribution in [1.29, 1.82) is 0 Å². The van der Waals surface area contributed by atoms with Gasteiger partial charge in [0.2, 0.25) is 6.41 Å². The van der Waals surface area contributed by atoms with Gasteiger partial charge in [-0.2, -0.15) is 0 Å². The molecule has 6 nitrogen and oxygen atoms in total. The van der Waals surface area contributed by atoms with Gasteiger partial charge in [-0.15, -0.1) is 0 Å². The summed E-state index contributed by atoms with van der Waals surface area (Å²) in [5.74, 6) is 1.47. The Morgan fingerprint density at radius 1 is 1.36 bits per heavy atom. The van der Waals surface area contributed by atoms with Crippen molar-refractivity contribution < 1.29 is 9.53 Å². The molecule has 3 rings (SSSR count). The molecule has 0 atom stereocenters. The third-order valence-electron chi connectivity index (χ3n) is 3.26. The Kier molecular flexibility index (Phi) is 3.74. The molecule has 1 N–H and O–H groups in total. The number of aryl methyl sites for hydroxylation is 1. The fourth-order valence-corrected chi connectivity index (χ4v) is 2.29. The Bertz CT molecular complexity index is 826. The fourth-order valence-electron chi connectivity index (χ4n) is 2.29. The predicted molar refractivity (Wildman–Crippen MR) is 84.5 cm³/mol. The molecule has 1 amide bonds. The van der Waals surface area contributed by atoms with Crippen LogP contribution < -0.4 is 10.1 Å². The van der Waals surface area contributed by atoms with Gasteiger partial charge in [0, 0.05) is 23.3 Å². The number of pyridine rings is 1. The van der Waals surface area contributed by atoms with Crippen LogP contribution >= 0.6 is 0 Å². The summed E-state index contributed by atoms with van der Waals surface area (Å²) in [5.41, 5.74) is 2.42. The van der Waals surface area contributed by atoms with Crippen molar-refractivity contribution in [3.63, 3.8) is 0 Å². The SMILES string of the molecule is CCOc1cc(-n2cnc(C)c2)nc2ccc(NC=O)cc12. The summed E-state index contributed by atoms with van der Waals surface area (Å²) in [7, 11) is 0. The van der Waals surface area contributed by atoms with Gasteiger partial charge in [0.15, 0.2) is 0 Å². The van der Waals surface area contributed by atoms with E-state index in [1.165, 1.54) is 0 Å². The van der Waals surface area contributed by atoms with E-state index < -0.39 is 0 Å². The van der Waals surface area contributed by atoms with Gasteiger partial charge in [-0.1, -0.05) is 0 Å². The van der Waals surface area contributed by atoms with Crippen LogP contribution in [0.15, 0.2) is 36.8 Å². The van der Waals surface area contributed by atoms with Crippen molar-refractivity contribution in [3.05, 3.63) is 42.5 Å². The lowest BCUT2D eigenvalue weighted by atomic mass is 10.1. The first-order valence-electron chi connectivity index (χ1n) is 7.00. The van der Waals surface area contributed by atoms with Crippen LogP contribution in [0.2, 0.25) is 0 Å². The minimum absolute atomic E-state index is 0.548. The van der Waals surface area contributed by atoms with Gasteiger partial charge in [0.1, 0.15) is 17.9 Å². The molecular weight excluding hydrogens is 280 g/mol. The topological polar surface area (TPSA) is 69.0 Å². The van der Waals surface area contributed by atoms with Crippen molar-refractivity contribution in [1.82, 2.24) is 14.5 Å². The molecule has 2 heterocycles. The van der Waals surface area contributed by atoms with E-state index >= 15 is 0 Å². The normalized spacial score (nSPS) is 10.6. The molecule has 22 heavy (non-hydrogen) atoms. The van der Waals surface area contributed by atoms with Crippen LogP contribution in [0.3, 0.4) is 0 Å². The number of amides is 1. The lowest BCUT2D eigenvalue weighted by Crippen LogP contribution is -2.00. The van der Waals surface area contributed by atoms with Gasteiger partial charge < -0.3 is 10.1 Å². The summed E-state index contributed by atoms with van der Waals surface area (Å²) in [6.07, 6.45) is 4.28. The van der Waals surface area contributed by atoms with E-state index in [9.17, 15) is 4.79 Å². The maximum absolute atomic E-state index is 10.6. The second-order valence-corrected chi connectivity index (χ2v) is 4.83. The highest BCUT2D eigenvalue weighted by Crippen LogP contribution is 2.29. The van der Waals surface area contributed by atoms with Crippen molar-refractivity contribution in [2.75, 3.05) is 11.9 Å². The number of hydrogen-bond acceptors (Lipinski definition) is 4. The number of ether oxygens (including phenoxy) is 1. The van der Waals surface area contributed by atoms with E-state index in [0.717, 1.165) is 28.2 Å². The largest absolute Gasteiger partial charge is 0.493 e. The molecular formula is C16H16N4O2. The minimum Gasteiger partial charge on any atom is -0.493 e. The van der Waals surface area contributed by atoms with Crippen molar-refractivity contribution in [2.24, 2.45) is 0 Å². The first kappa shape index (κ1) is 14.1. The summed E-state index contributed by atoms with van der Waals surface area (Å²) in [6.45, 7) is 4.41. The Labute approximate surface area is 127 Å². The standard InChI is InChI=1S/C16H16N4O2/c1-3-22-15-7-16(20-8-11(2)17-9-20)19-14-5-4-12(18-10-21)6-13(14)15/h4-10H,3H2,1-2H3,(H,18,21). The molecule has 0 aliphatic carbocycles. The molecule has 1 aromatic carbocycles. The van der Waals surface area contributed by atoms with E-state index in [4.69, 9.17) is 4.74 Å². The van der Waals surface area contributed by atoms with E-state index in [0.29, 0.717) is 18.7 Å². The van der Waals surface area contributed by atoms with Gasteiger partial charge in [-0.05, 0) is 32.0 Å². The van der Waals surface area contributed by atoms with Gasteiger partial charge >= 0.3 is 0 Å². The van der Waals surface area contributed by atoms with Crippen molar-refractivity contribution >= 4 is 23.0 Å². The van der Waals surface area contributed by atoms with Gasteiger partial charge in [-0.3, -0.25) is 9.36 Å². The number of aromatic nitrogens is 3. The molecule has 0 saturated heterocycles. The highest BCUT2D eigenvalue weighted by molar-refractivity contribution is 5.90. The zero-order valence-electron chi connectivity index (χ0n) is 12.4. The average molecular weight is 296 g/mol. The zero-order valence-corrected chi connectivity index (χ0v) is 12.4. The first-order valence-corrected chi connectivity index (χ1v) is 7.00. The lowest BCUT2D eigenvalue weighted by Gasteiger charge is -2.11. The zero-order chi connectivity index (χ0) is 15.5. The molecule has 0 aliphatic heterocycles. The second kappa shape index (κ2) is 5.85. The quantitative estimate of drug-likeness (QED) is 0.735. The van der Waals surface area contributed by atoms with Crippen LogP contribution in [0, 0.1) is 6.92 Å². The Morgan fingerprint density at radius 2 is 2.23 bits per heavy atom. The highest BCUT2D eigenvalue weighted by Gasteiger charge is 2.09. The molecule has 0 bridgehead atoms. The van der Waals surface area contributed by atoms with Crippen LogP contribution in [0.5, 0.6) is 5.75 Å². The first-order chi connectivity index (χ1) is 10.7. The number of nitrogens with zero attached hydrogens (tertiary/aromatic N) is 3. The summed E-state index contributed by atoms with van der Waals surface area (Å²) >= 11 is 0. The molecule has 0 aliphatic rings. The molecule has 0 unspecified atom stereocenters. The number of hydrogen-bond donors (Lipinski definition) is 1. The maximum atomic E-state index is 10.6. The number of nitrogens with one attached hydrogen (secondary N) is 1. The Hall–Kier alpha value is -2.89. The number of rotatable bonds is 5. The maximum Gasteiger partial charge on any atom is 0.211 e. The van der Waals surface area contributed by atoms with Crippen LogP contribution in [0.1, 0.15) is 12.6 Å². The van der Waals surface area contributed by atoms with Crippen LogP contribution in [0.25, 0.3) is 16.7 Å². The van der Waals surface area contributed by atoms with E-state index in [-0.39, 0.29) is 0 Å². The molecule has 0 fully saturated rings. The summed E-state index contributed by atoms with van der Waals surface area (Å²) in [4.78, 5) is 19.4. The summed E-state index contributed by atoms with van der Waals surface area (Å²) in [5, 5.41) is 3.50. The minimum atomic E-state index is 0.548. The number of imidazole rings is 1. The Balaban J connectivity index is 2.17. The van der Waals surface area contributed by atoms with Crippen LogP contribution in [-0.2, 0) is 4.79 Å². The smallest absolute Gasteiger partial charge is 0.211 e. The van der Waals surface area contributed by atoms with Crippen LogP contribution in [0.4, 0.5) is 5.69 Å². The molecule has 0 saturated carbocycles. The highest BCUT2D eigenvalue weighted by atomic mass is 16.5. The van der Waals surface area contributed by atoms with Crippen molar-refractivity contribution in [2.45, 2.75) is 13.8 Å². The number of benzene rings is 1. The van der Waals surface area contributed by atoms with Crippen LogP contribution in [-0.4, -0.2) is 27.6 Å². The van der Waals surface area contributed by atoms with Crippen molar-refractivity contribution in [3.8, 4) is 11.6 Å². The lowest BCUT2D eigenvalue weighted by molar-refractivity contribution is -0.105. The third kappa shape index (κ3) is 2.63. The predicted octanol–water partition coefficient (Wildman–Crippen LogP) is 2.70. The molecule has 0 spiro atoms. The third-order valence-corrected chi connectivity index (χ3v) is 3.26. The summed E-state index contributed by atoms with van der Waals surface area (Å²) < 4.78 is 7.59. The van der Waals surface area contributed by atoms with Gasteiger partial charge in [0.25, 0.3) is 0 Å². The second-order valence-electron chi connectivity index (χ2n) is 4.83. The molecule has 3 aromatic rings. The number of anilines is 1. The number of carbonyl (C=O) groups excluding carboxylic acids is 1. The van der Waals surface area contributed by atoms with E-state index in [1.807, 2.05) is 48.9 Å². The fraction of sp³-hybridized carbons (Fsp3) is 0.188. The average Bonchev–Trinajstić information content (AvgIpc) is 2.95. The molecule has 6 heteroatoms. The number of fused-ring (bicyclic) bond motifs is 1. The molecule has 112 valence electrons. The van der Waals surface area contributed by atoms with E-state index in [1.54, 1.807) is 6.33 Å².